The van der Waals surface area contributed by atoms with Gasteiger partial charge in [-0.25, -0.2) is 0 Å². The molecule has 0 aromatic heterocycles. The lowest BCUT2D eigenvalue weighted by Gasteiger charge is -2.31. The van der Waals surface area contributed by atoms with Gasteiger partial charge >= 0.3 is 0 Å². The Morgan fingerprint density at radius 1 is 0.906 bits per heavy atom. The Labute approximate surface area is 188 Å². The number of benzene rings is 2. The smallest absolute Gasteiger partial charge is 0.223 e. The Bertz CT molecular complexity index is 938. The van der Waals surface area contributed by atoms with Crippen molar-refractivity contribution >= 4 is 11.8 Å². The minimum absolute atomic E-state index is 0.0151. The number of aliphatic hydroxyl groups is 1. The van der Waals surface area contributed by atoms with Gasteiger partial charge in [-0.05, 0) is 35.4 Å². The van der Waals surface area contributed by atoms with E-state index in [1.54, 1.807) is 6.08 Å². The summed E-state index contributed by atoms with van der Waals surface area (Å²) in [5.41, 5.74) is 3.31. The van der Waals surface area contributed by atoms with Gasteiger partial charge in [0.1, 0.15) is 6.10 Å². The number of aliphatic hydroxyl groups excluding tert-OH is 1. The number of hydrogen-bond acceptors (Lipinski definition) is 4. The van der Waals surface area contributed by atoms with Gasteiger partial charge in [0.2, 0.25) is 11.8 Å². The molecule has 0 spiro atoms. The molecule has 6 nitrogen and oxygen atoms in total. The summed E-state index contributed by atoms with van der Waals surface area (Å²) in [6, 6.07) is 17.9. The van der Waals surface area contributed by atoms with Crippen LogP contribution in [0.1, 0.15) is 31.2 Å². The van der Waals surface area contributed by atoms with E-state index < -0.39 is 12.2 Å². The highest BCUT2D eigenvalue weighted by molar-refractivity contribution is 5.78. The van der Waals surface area contributed by atoms with Crippen molar-refractivity contribution in [2.45, 2.75) is 50.5 Å². The first-order valence-electron chi connectivity index (χ1n) is 11.3. The predicted molar refractivity (Wildman–Crippen MR) is 123 cm³/mol. The second-order valence-electron chi connectivity index (χ2n) is 8.57. The third-order valence-electron chi connectivity index (χ3n) is 5.90. The van der Waals surface area contributed by atoms with Crippen LogP contribution in [0.5, 0.6) is 0 Å². The zero-order chi connectivity index (χ0) is 22.3. The summed E-state index contributed by atoms with van der Waals surface area (Å²) in [7, 11) is 0. The van der Waals surface area contributed by atoms with Crippen LogP contribution in [0.25, 0.3) is 11.1 Å². The van der Waals surface area contributed by atoms with Crippen LogP contribution < -0.4 is 10.6 Å². The van der Waals surface area contributed by atoms with Crippen LogP contribution in [0.3, 0.4) is 0 Å². The van der Waals surface area contributed by atoms with Gasteiger partial charge in [0.25, 0.3) is 0 Å². The minimum Gasteiger partial charge on any atom is -0.394 e. The summed E-state index contributed by atoms with van der Waals surface area (Å²) < 4.78 is 5.84. The molecule has 3 N–H and O–H groups in total. The highest BCUT2D eigenvalue weighted by atomic mass is 16.5. The molecule has 2 aromatic rings. The summed E-state index contributed by atoms with van der Waals surface area (Å²) in [5, 5.41) is 15.5. The van der Waals surface area contributed by atoms with E-state index in [1.807, 2.05) is 48.5 Å². The van der Waals surface area contributed by atoms with Gasteiger partial charge in [-0.2, -0.15) is 0 Å². The molecule has 2 amide bonds. The fourth-order valence-electron chi connectivity index (χ4n) is 3.87. The minimum atomic E-state index is -0.550. The fourth-order valence-corrected chi connectivity index (χ4v) is 3.87. The standard InChI is InChI=1S/C26H30N2O4/c29-17-24-23(28-26(31)14-18-6-7-18)13-12-22(32-24)15-25(30)27-16-19-8-10-21(11-9-19)20-4-2-1-3-5-20/h1-5,8-13,18,22-24,29H,6-7,14-17H2,(H,27,30)(H,28,31)/t22-,23-,24+/m1/s1. The van der Waals surface area contributed by atoms with Crippen molar-refractivity contribution in [2.75, 3.05) is 6.61 Å². The van der Waals surface area contributed by atoms with Gasteiger partial charge in [0, 0.05) is 13.0 Å². The molecule has 1 heterocycles. The van der Waals surface area contributed by atoms with Crippen LogP contribution in [0, 0.1) is 5.92 Å². The molecule has 3 atom stereocenters. The van der Waals surface area contributed by atoms with Crippen molar-refractivity contribution in [1.82, 2.24) is 10.6 Å². The van der Waals surface area contributed by atoms with Crippen molar-refractivity contribution in [3.8, 4) is 11.1 Å². The number of rotatable bonds is 9. The highest BCUT2D eigenvalue weighted by Crippen LogP contribution is 2.32. The molecule has 2 aliphatic rings. The zero-order valence-corrected chi connectivity index (χ0v) is 18.1. The molecule has 0 unspecified atom stereocenters. The van der Waals surface area contributed by atoms with Gasteiger partial charge < -0.3 is 20.5 Å². The topological polar surface area (TPSA) is 87.7 Å². The third-order valence-corrected chi connectivity index (χ3v) is 5.90. The summed E-state index contributed by atoms with van der Waals surface area (Å²) in [4.78, 5) is 24.5. The van der Waals surface area contributed by atoms with Crippen molar-refractivity contribution in [3.05, 3.63) is 72.3 Å². The van der Waals surface area contributed by atoms with Crippen molar-refractivity contribution in [3.63, 3.8) is 0 Å². The second kappa shape index (κ2) is 10.6. The molecule has 1 aliphatic heterocycles. The van der Waals surface area contributed by atoms with E-state index in [9.17, 15) is 14.7 Å². The van der Waals surface area contributed by atoms with Crippen LogP contribution in [0.2, 0.25) is 0 Å². The molecule has 1 aliphatic carbocycles. The van der Waals surface area contributed by atoms with E-state index in [1.165, 1.54) is 0 Å². The summed E-state index contributed by atoms with van der Waals surface area (Å²) in [6.07, 6.45) is 5.57. The molecule has 0 saturated heterocycles. The molecule has 1 fully saturated rings. The molecular weight excluding hydrogens is 404 g/mol. The number of nitrogens with one attached hydrogen (secondary N) is 2. The van der Waals surface area contributed by atoms with Crippen molar-refractivity contribution in [2.24, 2.45) is 5.92 Å². The zero-order valence-electron chi connectivity index (χ0n) is 18.1. The van der Waals surface area contributed by atoms with Gasteiger partial charge in [-0.15, -0.1) is 0 Å². The number of hydrogen-bond donors (Lipinski definition) is 3. The molecule has 32 heavy (non-hydrogen) atoms. The Morgan fingerprint density at radius 2 is 1.62 bits per heavy atom. The van der Waals surface area contributed by atoms with E-state index in [4.69, 9.17) is 4.74 Å². The van der Waals surface area contributed by atoms with E-state index >= 15 is 0 Å². The molecule has 2 aromatic carbocycles. The first-order chi connectivity index (χ1) is 15.6. The Balaban J connectivity index is 1.24. The molecule has 0 bridgehead atoms. The van der Waals surface area contributed by atoms with Crippen molar-refractivity contribution in [1.29, 1.82) is 0 Å². The van der Waals surface area contributed by atoms with Crippen LogP contribution in [-0.4, -0.2) is 41.8 Å². The van der Waals surface area contributed by atoms with Gasteiger partial charge in [-0.3, -0.25) is 9.59 Å². The normalized spacial score (nSPS) is 22.3. The van der Waals surface area contributed by atoms with E-state index in [-0.39, 0.29) is 30.9 Å². The van der Waals surface area contributed by atoms with Gasteiger partial charge in [-0.1, -0.05) is 66.7 Å². The molecule has 0 radical (unpaired) electrons. The molecular formula is C26H30N2O4. The average molecular weight is 435 g/mol. The van der Waals surface area contributed by atoms with Crippen LogP contribution in [0.4, 0.5) is 0 Å². The predicted octanol–water partition coefficient (Wildman–Crippen LogP) is 2.96. The molecule has 1 saturated carbocycles. The highest BCUT2D eigenvalue weighted by Gasteiger charge is 2.31. The fraction of sp³-hybridized carbons (Fsp3) is 0.385. The summed E-state index contributed by atoms with van der Waals surface area (Å²) in [5.74, 6) is 0.362. The third kappa shape index (κ3) is 6.28. The first kappa shape index (κ1) is 22.2. The lowest BCUT2D eigenvalue weighted by atomic mass is 10.0. The van der Waals surface area contributed by atoms with Crippen LogP contribution >= 0.6 is 0 Å². The number of ether oxygens (including phenoxy) is 1. The first-order valence-corrected chi connectivity index (χ1v) is 11.3. The SMILES string of the molecule is O=C(C[C@H]1C=C[C@@H](NC(=O)CC2CC2)[C@H](CO)O1)NCc1ccc(-c2ccccc2)cc1. The van der Waals surface area contributed by atoms with Gasteiger partial charge in [0.05, 0.1) is 25.2 Å². The second-order valence-corrected chi connectivity index (χ2v) is 8.57. The van der Waals surface area contributed by atoms with E-state index in [2.05, 4.69) is 22.8 Å². The Kier molecular flexibility index (Phi) is 7.35. The average Bonchev–Trinajstić information content (AvgIpc) is 3.63. The summed E-state index contributed by atoms with van der Waals surface area (Å²) >= 11 is 0. The van der Waals surface area contributed by atoms with E-state index in [0.29, 0.717) is 18.9 Å². The molecule has 168 valence electrons. The van der Waals surface area contributed by atoms with Crippen LogP contribution in [-0.2, 0) is 20.9 Å². The quantitative estimate of drug-likeness (QED) is 0.530. The lowest BCUT2D eigenvalue weighted by molar-refractivity contribution is -0.128. The van der Waals surface area contributed by atoms with Gasteiger partial charge in [0.15, 0.2) is 0 Å². The maximum Gasteiger partial charge on any atom is 0.223 e. The molecule has 4 rings (SSSR count). The Morgan fingerprint density at radius 3 is 2.31 bits per heavy atom. The molecule has 6 heteroatoms. The number of carbonyl (C=O) groups is 2. The largest absolute Gasteiger partial charge is 0.394 e. The monoisotopic (exact) mass is 434 g/mol. The lowest BCUT2D eigenvalue weighted by Crippen LogP contribution is -2.49. The number of carbonyl (C=O) groups excluding carboxylic acids is 2. The number of amides is 2. The van der Waals surface area contributed by atoms with E-state index in [0.717, 1.165) is 29.5 Å². The van der Waals surface area contributed by atoms with Crippen molar-refractivity contribution < 1.29 is 19.4 Å². The Hall–Kier alpha value is -2.96. The maximum atomic E-state index is 12.4. The van der Waals surface area contributed by atoms with Crippen LogP contribution in [0.15, 0.2) is 66.7 Å². The maximum absolute atomic E-state index is 12.4. The summed E-state index contributed by atoms with van der Waals surface area (Å²) in [6.45, 7) is 0.220.